The Hall–Kier alpha value is -1.47. The summed E-state index contributed by atoms with van der Waals surface area (Å²) >= 11 is 0. The van der Waals surface area contributed by atoms with Gasteiger partial charge in [0.2, 0.25) is 0 Å². The minimum absolute atomic E-state index is 0. The molecule has 2 aromatic carbocycles. The van der Waals surface area contributed by atoms with E-state index in [1.807, 2.05) is 42.3 Å². The third kappa shape index (κ3) is 6.89. The quantitative estimate of drug-likeness (QED) is 0.238. The van der Waals surface area contributed by atoms with E-state index in [1.165, 1.54) is 24.6 Å². The molecule has 184 valence electrons. The molecule has 2 radical (unpaired) electrons. The van der Waals surface area contributed by atoms with Crippen molar-refractivity contribution in [3.8, 4) is 0 Å². The van der Waals surface area contributed by atoms with Crippen molar-refractivity contribution in [1.29, 1.82) is 0 Å². The van der Waals surface area contributed by atoms with E-state index in [0.717, 1.165) is 35.8 Å². The first kappa shape index (κ1) is 30.7. The summed E-state index contributed by atoms with van der Waals surface area (Å²) in [6.45, 7) is 3.82. The van der Waals surface area contributed by atoms with Crippen LogP contribution in [0.5, 0.6) is 0 Å². The van der Waals surface area contributed by atoms with E-state index in [-0.39, 0.29) is 77.3 Å². The number of amides is 1. The third-order valence-electron chi connectivity index (χ3n) is 5.86. The monoisotopic (exact) mass is 637 g/mol. The maximum Gasteiger partial charge on any atom is 0.344 e. The molecule has 1 amide bonds. The van der Waals surface area contributed by atoms with Crippen LogP contribution in [0.3, 0.4) is 0 Å². The van der Waals surface area contributed by atoms with Gasteiger partial charge in [-0.3, -0.25) is 14.2 Å². The molecule has 1 fully saturated rings. The molecule has 0 aliphatic heterocycles. The summed E-state index contributed by atoms with van der Waals surface area (Å²) in [5.74, 6) is 0.425. The number of hydrogen-bond acceptors (Lipinski definition) is 5. The van der Waals surface area contributed by atoms with Gasteiger partial charge in [-0.05, 0) is 36.2 Å². The molecular formula is C26H29N5O3Y2-2. The molecule has 4 aromatic rings. The molecule has 1 aliphatic rings. The van der Waals surface area contributed by atoms with Gasteiger partial charge >= 0.3 is 5.97 Å². The molecule has 0 atom stereocenters. The average molecular weight is 637 g/mol. The number of rotatable bonds is 6. The number of carbonyl (C=O) groups is 2. The van der Waals surface area contributed by atoms with Crippen LogP contribution in [-0.4, -0.2) is 56.5 Å². The summed E-state index contributed by atoms with van der Waals surface area (Å²) in [6, 6.07) is 17.1. The third-order valence-corrected chi connectivity index (χ3v) is 5.86. The molecule has 8 nitrogen and oxygen atoms in total. The summed E-state index contributed by atoms with van der Waals surface area (Å²) in [7, 11) is 4.90. The Labute approximate surface area is 261 Å². The zero-order valence-corrected chi connectivity index (χ0v) is 26.9. The van der Waals surface area contributed by atoms with Crippen molar-refractivity contribution < 1.29 is 79.7 Å². The standard InChI is InChI=1S/C16H20N3O.C10H9N2O2.2Y/c1-3-10-19(11-12-8-9-12)16(20)15-13-6-4-5-7-14(13)17-18(15)2;1-12-9(10(13)14-2)7-5-3-4-6-8(7)11-12;;/h4-6,12H,3,8-11H2,1-2H3;3-5H,1-2H3;;/q2*-1;;. The van der Waals surface area contributed by atoms with Crippen molar-refractivity contribution in [1.82, 2.24) is 24.5 Å². The van der Waals surface area contributed by atoms with Gasteiger partial charge in [-0.15, -0.1) is 0 Å². The molecule has 0 bridgehead atoms. The van der Waals surface area contributed by atoms with E-state index in [1.54, 1.807) is 17.8 Å². The normalized spacial score (nSPS) is 12.2. The number of aromatic nitrogens is 4. The zero-order chi connectivity index (χ0) is 24.2. The first-order valence-corrected chi connectivity index (χ1v) is 11.5. The Kier molecular flexibility index (Phi) is 11.9. The number of aryl methyl sites for hydroxylation is 2. The first-order chi connectivity index (χ1) is 16.4. The van der Waals surface area contributed by atoms with Gasteiger partial charge < -0.3 is 9.64 Å². The van der Waals surface area contributed by atoms with Crippen LogP contribution in [0.1, 0.15) is 47.2 Å². The number of carbonyl (C=O) groups excluding carboxylic acids is 2. The molecule has 5 rings (SSSR count). The summed E-state index contributed by atoms with van der Waals surface area (Å²) in [4.78, 5) is 26.2. The fourth-order valence-corrected chi connectivity index (χ4v) is 4.05. The number of fused-ring (bicyclic) bond motifs is 2. The molecule has 1 saturated carbocycles. The summed E-state index contributed by atoms with van der Waals surface area (Å²) in [5.41, 5.74) is 2.59. The average Bonchev–Trinajstić information content (AvgIpc) is 3.50. The van der Waals surface area contributed by atoms with Gasteiger partial charge in [0, 0.05) is 92.6 Å². The number of hydrogen-bond donors (Lipinski definition) is 0. The maximum absolute atomic E-state index is 12.8. The molecule has 0 spiro atoms. The number of esters is 1. The molecule has 0 N–H and O–H groups in total. The van der Waals surface area contributed by atoms with Crippen molar-refractivity contribution in [2.75, 3.05) is 20.2 Å². The van der Waals surface area contributed by atoms with Crippen LogP contribution in [0, 0.1) is 18.1 Å². The Balaban J connectivity index is 0.000000254. The molecule has 2 heterocycles. The SMILES string of the molecule is CCCN(CC1CC1)C(=O)c1c2ccc[c-]c2nn1C.COC(=O)c1c2ccc[c-]c2nn1C.[Y].[Y]. The fraction of sp³-hybridized carbons (Fsp3) is 0.385. The van der Waals surface area contributed by atoms with Gasteiger partial charge in [0.1, 0.15) is 0 Å². The number of ether oxygens (including phenoxy) is 1. The molecular weight excluding hydrogens is 608 g/mol. The molecule has 36 heavy (non-hydrogen) atoms. The van der Waals surface area contributed by atoms with Gasteiger partial charge in [-0.25, -0.2) is 15.0 Å². The van der Waals surface area contributed by atoms with Crippen LogP contribution in [0.4, 0.5) is 0 Å². The second-order valence-electron chi connectivity index (χ2n) is 8.50. The van der Waals surface area contributed by atoms with Gasteiger partial charge in [-0.1, -0.05) is 17.7 Å². The summed E-state index contributed by atoms with van der Waals surface area (Å²) < 4.78 is 7.87. The van der Waals surface area contributed by atoms with E-state index < -0.39 is 0 Å². The van der Waals surface area contributed by atoms with E-state index in [2.05, 4.69) is 34.0 Å². The van der Waals surface area contributed by atoms with Crippen molar-refractivity contribution in [3.63, 3.8) is 0 Å². The van der Waals surface area contributed by atoms with E-state index in [4.69, 9.17) is 0 Å². The first-order valence-electron chi connectivity index (χ1n) is 11.5. The summed E-state index contributed by atoms with van der Waals surface area (Å²) in [5, 5.41) is 10.2. The van der Waals surface area contributed by atoms with Crippen LogP contribution >= 0.6 is 0 Å². The molecule has 2 aromatic heterocycles. The van der Waals surface area contributed by atoms with Gasteiger partial charge in [-0.2, -0.15) is 48.5 Å². The molecule has 1 aliphatic carbocycles. The summed E-state index contributed by atoms with van der Waals surface area (Å²) in [6.07, 6.45) is 3.50. The Morgan fingerprint density at radius 2 is 1.53 bits per heavy atom. The van der Waals surface area contributed by atoms with Crippen LogP contribution in [0.2, 0.25) is 0 Å². The van der Waals surface area contributed by atoms with Crippen LogP contribution in [-0.2, 0) is 84.3 Å². The van der Waals surface area contributed by atoms with Crippen molar-refractivity contribution >= 4 is 33.7 Å². The van der Waals surface area contributed by atoms with E-state index >= 15 is 0 Å². The Bertz CT molecular complexity index is 1330. The largest absolute Gasteiger partial charge is 0.465 e. The van der Waals surface area contributed by atoms with Crippen LogP contribution < -0.4 is 0 Å². The fourth-order valence-electron chi connectivity index (χ4n) is 4.05. The topological polar surface area (TPSA) is 82.2 Å². The molecule has 0 unspecified atom stereocenters. The maximum atomic E-state index is 12.8. The second-order valence-corrected chi connectivity index (χ2v) is 8.50. The number of benzene rings is 2. The predicted octanol–water partition coefficient (Wildman–Crippen LogP) is 3.79. The number of methoxy groups -OCH3 is 1. The van der Waals surface area contributed by atoms with Crippen LogP contribution in [0.15, 0.2) is 36.4 Å². The van der Waals surface area contributed by atoms with E-state index in [0.29, 0.717) is 22.8 Å². The minimum Gasteiger partial charge on any atom is -0.465 e. The molecule has 0 saturated heterocycles. The van der Waals surface area contributed by atoms with Gasteiger partial charge in [0.15, 0.2) is 0 Å². The Morgan fingerprint density at radius 1 is 1.00 bits per heavy atom. The van der Waals surface area contributed by atoms with Gasteiger partial charge in [0.25, 0.3) is 5.91 Å². The van der Waals surface area contributed by atoms with Crippen molar-refractivity contribution in [3.05, 3.63) is 59.9 Å². The van der Waals surface area contributed by atoms with E-state index in [9.17, 15) is 9.59 Å². The van der Waals surface area contributed by atoms with Crippen molar-refractivity contribution in [2.45, 2.75) is 26.2 Å². The minimum atomic E-state index is -0.380. The predicted molar refractivity (Wildman–Crippen MR) is 129 cm³/mol. The van der Waals surface area contributed by atoms with Crippen LogP contribution in [0.25, 0.3) is 21.8 Å². The van der Waals surface area contributed by atoms with Crippen molar-refractivity contribution in [2.24, 2.45) is 20.0 Å². The molecule has 10 heteroatoms. The second kappa shape index (κ2) is 13.9. The smallest absolute Gasteiger partial charge is 0.344 e. The number of nitrogens with zero attached hydrogens (tertiary/aromatic N) is 5. The zero-order valence-electron chi connectivity index (χ0n) is 21.2. The Morgan fingerprint density at radius 3 is 2.03 bits per heavy atom. The van der Waals surface area contributed by atoms with Gasteiger partial charge in [0.05, 0.1) is 18.5 Å².